The molecule has 0 saturated carbocycles. The van der Waals surface area contributed by atoms with Crippen LogP contribution in [0.3, 0.4) is 0 Å². The Morgan fingerprint density at radius 1 is 1.50 bits per heavy atom. The van der Waals surface area contributed by atoms with Gasteiger partial charge in [0, 0.05) is 0 Å². The number of H-pyrrole nitrogens is 1. The Morgan fingerprint density at radius 3 is 2.36 bits per heavy atom. The normalized spacial score (nSPS) is 11.6. The number of nitrogens with one attached hydrogen (secondary N) is 1. The van der Waals surface area contributed by atoms with E-state index in [0.29, 0.717) is 23.8 Å². The van der Waals surface area contributed by atoms with E-state index >= 15 is 0 Å². The molecule has 0 fully saturated rings. The second-order valence-corrected chi connectivity index (χ2v) is 4.28. The van der Waals surface area contributed by atoms with Crippen LogP contribution in [0.4, 0.5) is 0 Å². The third-order valence-corrected chi connectivity index (χ3v) is 2.97. The minimum atomic E-state index is -4.27. The van der Waals surface area contributed by atoms with Crippen molar-refractivity contribution in [3.63, 3.8) is 0 Å². The number of aromatic nitrogens is 1. The Bertz CT molecular complexity index is 458. The maximum atomic E-state index is 10.9. The van der Waals surface area contributed by atoms with Gasteiger partial charge in [0.05, 0.1) is 5.69 Å². The number of aromatic amines is 1. The fourth-order valence-electron chi connectivity index (χ4n) is 1.39. The maximum Gasteiger partial charge on any atom is 0.310 e. The van der Waals surface area contributed by atoms with Crippen LogP contribution in [0.5, 0.6) is 0 Å². The van der Waals surface area contributed by atoms with Crippen molar-refractivity contribution in [2.45, 2.75) is 25.3 Å². The molecule has 0 unspecified atom stereocenters. The van der Waals surface area contributed by atoms with Gasteiger partial charge in [0.15, 0.2) is 11.3 Å². The molecule has 0 bridgehead atoms. The zero-order valence-corrected chi connectivity index (χ0v) is 8.68. The topological polar surface area (TPSA) is 87.2 Å². The molecule has 5 nitrogen and oxygen atoms in total. The van der Waals surface area contributed by atoms with Gasteiger partial charge in [-0.2, -0.15) is 8.42 Å². The predicted octanol–water partition coefficient (Wildman–Crippen LogP) is 0.945. The Hall–Kier alpha value is -1.14. The largest absolute Gasteiger partial charge is 0.341 e. The van der Waals surface area contributed by atoms with Crippen LogP contribution >= 0.6 is 0 Å². The molecule has 78 valence electrons. The van der Waals surface area contributed by atoms with Crippen LogP contribution in [-0.4, -0.2) is 24.2 Å². The highest BCUT2D eigenvalue weighted by Crippen LogP contribution is 2.21. The third kappa shape index (κ3) is 1.71. The zero-order chi connectivity index (χ0) is 10.9. The smallest absolute Gasteiger partial charge is 0.310 e. The Morgan fingerprint density at radius 2 is 2.07 bits per heavy atom. The van der Waals surface area contributed by atoms with Crippen molar-refractivity contribution in [3.8, 4) is 0 Å². The van der Waals surface area contributed by atoms with Gasteiger partial charge >= 0.3 is 10.1 Å². The second-order valence-electron chi connectivity index (χ2n) is 2.92. The van der Waals surface area contributed by atoms with Crippen molar-refractivity contribution >= 4 is 16.4 Å². The number of carbonyl (C=O) groups excluding carboxylic acids is 1. The summed E-state index contributed by atoms with van der Waals surface area (Å²) in [7, 11) is -4.27. The van der Waals surface area contributed by atoms with Crippen LogP contribution < -0.4 is 0 Å². The molecule has 0 aliphatic heterocycles. The predicted molar refractivity (Wildman–Crippen MR) is 50.1 cm³/mol. The first kappa shape index (κ1) is 10.9. The summed E-state index contributed by atoms with van der Waals surface area (Å²) in [6.45, 7) is 3.38. The van der Waals surface area contributed by atoms with Crippen molar-refractivity contribution in [2.24, 2.45) is 0 Å². The molecular formula is C8H11NO4S. The second kappa shape index (κ2) is 3.55. The van der Waals surface area contributed by atoms with Crippen molar-refractivity contribution < 1.29 is 17.8 Å². The van der Waals surface area contributed by atoms with E-state index in [1.54, 1.807) is 13.8 Å². The van der Waals surface area contributed by atoms with E-state index in [0.717, 1.165) is 0 Å². The lowest BCUT2D eigenvalue weighted by Gasteiger charge is -1.97. The molecule has 1 aromatic rings. The molecule has 2 N–H and O–H groups in total. The molecule has 0 aliphatic carbocycles. The van der Waals surface area contributed by atoms with E-state index in [1.807, 2.05) is 0 Å². The van der Waals surface area contributed by atoms with E-state index in [1.165, 1.54) is 0 Å². The highest BCUT2D eigenvalue weighted by atomic mass is 32.2. The van der Waals surface area contributed by atoms with Crippen molar-refractivity contribution in [3.05, 3.63) is 16.8 Å². The van der Waals surface area contributed by atoms with E-state index < -0.39 is 10.1 Å². The number of rotatable bonds is 3. The molecule has 0 amide bonds. The fourth-order valence-corrected chi connectivity index (χ4v) is 2.24. The summed E-state index contributed by atoms with van der Waals surface area (Å²) in [5, 5.41) is -0.278. The lowest BCUT2D eigenvalue weighted by atomic mass is 10.1. The first-order valence-electron chi connectivity index (χ1n) is 4.06. The van der Waals surface area contributed by atoms with Crippen molar-refractivity contribution in [1.82, 2.24) is 4.98 Å². The van der Waals surface area contributed by atoms with E-state index in [9.17, 15) is 13.2 Å². The number of carbonyl (C=O) groups is 1. The van der Waals surface area contributed by atoms with Crippen molar-refractivity contribution in [1.29, 1.82) is 0 Å². The van der Waals surface area contributed by atoms with Gasteiger partial charge in [-0.1, -0.05) is 6.92 Å². The average Bonchev–Trinajstić information content (AvgIpc) is 2.41. The lowest BCUT2D eigenvalue weighted by molar-refractivity contribution is 0.111. The van der Waals surface area contributed by atoms with Gasteiger partial charge in [-0.15, -0.1) is 0 Å². The van der Waals surface area contributed by atoms with Gasteiger partial charge in [0.25, 0.3) is 0 Å². The molecule has 0 spiro atoms. The Kier molecular flexibility index (Phi) is 2.77. The highest BCUT2D eigenvalue weighted by molar-refractivity contribution is 7.85. The van der Waals surface area contributed by atoms with E-state index in [-0.39, 0.29) is 10.7 Å². The molecule has 1 heterocycles. The molecular weight excluding hydrogens is 206 g/mol. The standard InChI is InChI=1S/C8H11NO4S/c1-3-6-5(2)7(4-10)9-8(6)14(11,12)13/h4,9H,3H2,1-2H3,(H,11,12,13). The molecule has 6 heteroatoms. The fraction of sp³-hybridized carbons (Fsp3) is 0.375. The van der Waals surface area contributed by atoms with Gasteiger partial charge < -0.3 is 4.98 Å². The molecule has 14 heavy (non-hydrogen) atoms. The number of hydrogen-bond donors (Lipinski definition) is 2. The summed E-state index contributed by atoms with van der Waals surface area (Å²) in [5.74, 6) is 0. The first-order chi connectivity index (χ1) is 6.41. The summed E-state index contributed by atoms with van der Waals surface area (Å²) in [5.41, 5.74) is 1.21. The van der Waals surface area contributed by atoms with Crippen LogP contribution in [0.15, 0.2) is 5.03 Å². The van der Waals surface area contributed by atoms with Crippen LogP contribution in [0.2, 0.25) is 0 Å². The number of hydrogen-bond acceptors (Lipinski definition) is 3. The summed E-state index contributed by atoms with van der Waals surface area (Å²) in [4.78, 5) is 12.9. The van der Waals surface area contributed by atoms with Gasteiger partial charge in [0.2, 0.25) is 0 Å². The van der Waals surface area contributed by atoms with Crippen molar-refractivity contribution in [2.75, 3.05) is 0 Å². The highest BCUT2D eigenvalue weighted by Gasteiger charge is 2.21. The van der Waals surface area contributed by atoms with E-state index in [2.05, 4.69) is 4.98 Å². The maximum absolute atomic E-state index is 10.9. The number of aldehydes is 1. The molecule has 0 atom stereocenters. The summed E-state index contributed by atoms with van der Waals surface area (Å²) in [6, 6.07) is 0. The minimum Gasteiger partial charge on any atom is -0.341 e. The van der Waals surface area contributed by atoms with Crippen LogP contribution in [-0.2, 0) is 16.5 Å². The van der Waals surface area contributed by atoms with E-state index in [4.69, 9.17) is 4.55 Å². The quantitative estimate of drug-likeness (QED) is 0.582. The van der Waals surface area contributed by atoms with Crippen LogP contribution in [0, 0.1) is 6.92 Å². The monoisotopic (exact) mass is 217 g/mol. The van der Waals surface area contributed by atoms with Gasteiger partial charge in [-0.25, -0.2) is 0 Å². The zero-order valence-electron chi connectivity index (χ0n) is 7.86. The van der Waals surface area contributed by atoms with Crippen LogP contribution in [0.1, 0.15) is 28.5 Å². The lowest BCUT2D eigenvalue weighted by Crippen LogP contribution is -2.02. The Labute approximate surface area is 81.9 Å². The first-order valence-corrected chi connectivity index (χ1v) is 5.50. The molecule has 0 aromatic carbocycles. The van der Waals surface area contributed by atoms with Crippen LogP contribution in [0.25, 0.3) is 0 Å². The molecule has 0 saturated heterocycles. The average molecular weight is 217 g/mol. The van der Waals surface area contributed by atoms with Gasteiger partial charge in [-0.05, 0) is 24.5 Å². The summed E-state index contributed by atoms with van der Waals surface area (Å²) < 4.78 is 30.7. The third-order valence-electron chi connectivity index (χ3n) is 2.11. The molecule has 1 aromatic heterocycles. The van der Waals surface area contributed by atoms with Gasteiger partial charge in [0.1, 0.15) is 0 Å². The summed E-state index contributed by atoms with van der Waals surface area (Å²) in [6.07, 6.45) is 0.967. The summed E-state index contributed by atoms with van der Waals surface area (Å²) >= 11 is 0. The van der Waals surface area contributed by atoms with Gasteiger partial charge in [-0.3, -0.25) is 9.35 Å². The molecule has 1 rings (SSSR count). The molecule has 0 aliphatic rings. The molecule has 0 radical (unpaired) electrons. The minimum absolute atomic E-state index is 0.189. The SMILES string of the molecule is CCc1c(S(=O)(=O)O)[nH]c(C=O)c1C. The Balaban J connectivity index is 3.53.